The van der Waals surface area contributed by atoms with Gasteiger partial charge in [-0.15, -0.1) is 0 Å². The molecule has 7 aromatic carbocycles. The van der Waals surface area contributed by atoms with Gasteiger partial charge in [-0.25, -0.2) is 9.97 Å². The maximum Gasteiger partial charge on any atom is 0.160 e. The van der Waals surface area contributed by atoms with Gasteiger partial charge in [0.2, 0.25) is 0 Å². The number of fused-ring (bicyclic) bond motifs is 2. The molecule has 0 aliphatic rings. The van der Waals surface area contributed by atoms with Gasteiger partial charge in [-0.1, -0.05) is 158 Å². The van der Waals surface area contributed by atoms with Crippen LogP contribution in [-0.4, -0.2) is 15.0 Å². The van der Waals surface area contributed by atoms with E-state index in [9.17, 15) is 0 Å². The van der Waals surface area contributed by atoms with E-state index < -0.39 is 0 Å². The van der Waals surface area contributed by atoms with Crippen molar-refractivity contribution in [2.45, 2.75) is 0 Å². The van der Waals surface area contributed by atoms with E-state index in [1.54, 1.807) is 0 Å². The largest absolute Gasteiger partial charge is 0.256 e. The van der Waals surface area contributed by atoms with Crippen LogP contribution < -0.4 is 0 Å². The topological polar surface area (TPSA) is 38.7 Å². The molecule has 3 heteroatoms. The van der Waals surface area contributed by atoms with Gasteiger partial charge in [0.25, 0.3) is 0 Å². The monoisotopic (exact) mass is 637 g/mol. The third-order valence-corrected chi connectivity index (χ3v) is 9.34. The maximum atomic E-state index is 5.03. The molecule has 0 aliphatic heterocycles. The van der Waals surface area contributed by atoms with Gasteiger partial charge in [0.05, 0.1) is 16.9 Å². The highest BCUT2D eigenvalue weighted by Gasteiger charge is 2.13. The van der Waals surface area contributed by atoms with Crippen LogP contribution in [0.15, 0.2) is 188 Å². The molecule has 0 unspecified atom stereocenters. The Morgan fingerprint density at radius 1 is 0.320 bits per heavy atom. The van der Waals surface area contributed by atoms with Crippen LogP contribution in [0.1, 0.15) is 0 Å². The van der Waals surface area contributed by atoms with Crippen LogP contribution in [0.25, 0.3) is 89.0 Å². The second-order valence-corrected chi connectivity index (χ2v) is 12.5. The molecule has 0 bridgehead atoms. The highest BCUT2D eigenvalue weighted by Crippen LogP contribution is 2.37. The number of pyridine rings is 1. The molecular weight excluding hydrogens is 607 g/mol. The normalized spacial score (nSPS) is 11.2. The average molecular weight is 638 g/mol. The number of aromatic nitrogens is 3. The van der Waals surface area contributed by atoms with Gasteiger partial charge in [-0.3, -0.25) is 4.98 Å². The summed E-state index contributed by atoms with van der Waals surface area (Å²) in [6.45, 7) is 0. The summed E-state index contributed by atoms with van der Waals surface area (Å²) in [5, 5.41) is 3.59. The lowest BCUT2D eigenvalue weighted by Gasteiger charge is -2.13. The van der Waals surface area contributed by atoms with Gasteiger partial charge in [-0.05, 0) is 62.9 Å². The number of rotatable bonds is 6. The van der Waals surface area contributed by atoms with Crippen molar-refractivity contribution in [3.8, 4) is 67.3 Å². The van der Waals surface area contributed by atoms with E-state index in [1.807, 2.05) is 48.7 Å². The van der Waals surface area contributed by atoms with Crippen molar-refractivity contribution in [1.29, 1.82) is 0 Å². The molecule has 2 aromatic heterocycles. The van der Waals surface area contributed by atoms with Gasteiger partial charge in [0.15, 0.2) is 5.82 Å². The molecule has 9 aromatic rings. The molecular formula is C47H31N3. The first-order valence-corrected chi connectivity index (χ1v) is 16.8. The van der Waals surface area contributed by atoms with Crippen LogP contribution in [0.4, 0.5) is 0 Å². The number of hydrogen-bond acceptors (Lipinski definition) is 3. The summed E-state index contributed by atoms with van der Waals surface area (Å²) < 4.78 is 0. The van der Waals surface area contributed by atoms with E-state index in [0.717, 1.165) is 55.7 Å². The molecule has 0 spiro atoms. The molecule has 0 N–H and O–H groups in total. The van der Waals surface area contributed by atoms with E-state index in [2.05, 4.69) is 145 Å². The van der Waals surface area contributed by atoms with E-state index in [0.29, 0.717) is 5.82 Å². The summed E-state index contributed by atoms with van der Waals surface area (Å²) in [4.78, 5) is 14.7. The van der Waals surface area contributed by atoms with E-state index >= 15 is 0 Å². The Morgan fingerprint density at radius 3 is 1.62 bits per heavy atom. The van der Waals surface area contributed by atoms with Crippen LogP contribution in [0.3, 0.4) is 0 Å². The van der Waals surface area contributed by atoms with Crippen molar-refractivity contribution in [2.75, 3.05) is 0 Å². The van der Waals surface area contributed by atoms with Gasteiger partial charge >= 0.3 is 0 Å². The lowest BCUT2D eigenvalue weighted by Crippen LogP contribution is -1.95. The van der Waals surface area contributed by atoms with Crippen molar-refractivity contribution in [3.05, 3.63) is 188 Å². The van der Waals surface area contributed by atoms with E-state index in [1.165, 1.54) is 27.5 Å². The Balaban J connectivity index is 1.09. The highest BCUT2D eigenvalue weighted by atomic mass is 14.9. The zero-order chi connectivity index (χ0) is 33.3. The summed E-state index contributed by atoms with van der Waals surface area (Å²) >= 11 is 0. The van der Waals surface area contributed by atoms with Crippen LogP contribution in [0.5, 0.6) is 0 Å². The molecule has 9 rings (SSSR count). The van der Waals surface area contributed by atoms with Gasteiger partial charge < -0.3 is 0 Å². The molecule has 0 amide bonds. The number of benzene rings is 7. The van der Waals surface area contributed by atoms with Crippen LogP contribution in [-0.2, 0) is 0 Å². The predicted octanol–water partition coefficient (Wildman–Crippen LogP) is 12.2. The Bertz CT molecular complexity index is 2550. The zero-order valence-electron chi connectivity index (χ0n) is 27.2. The van der Waals surface area contributed by atoms with Crippen LogP contribution in [0.2, 0.25) is 0 Å². The minimum absolute atomic E-state index is 0.716. The number of nitrogens with zero attached hydrogens (tertiary/aromatic N) is 3. The Morgan fingerprint density at radius 2 is 0.880 bits per heavy atom. The maximum absolute atomic E-state index is 5.03. The third-order valence-electron chi connectivity index (χ3n) is 9.34. The Kier molecular flexibility index (Phi) is 7.49. The van der Waals surface area contributed by atoms with E-state index in [4.69, 9.17) is 9.97 Å². The van der Waals surface area contributed by atoms with Gasteiger partial charge in [0, 0.05) is 33.8 Å². The molecule has 0 saturated heterocycles. The van der Waals surface area contributed by atoms with Crippen LogP contribution in [0, 0.1) is 0 Å². The predicted molar refractivity (Wildman–Crippen MR) is 207 cm³/mol. The fourth-order valence-electron chi connectivity index (χ4n) is 6.78. The molecule has 0 fully saturated rings. The first kappa shape index (κ1) is 29.4. The summed E-state index contributed by atoms with van der Waals surface area (Å²) in [5.74, 6) is 0.716. The second-order valence-electron chi connectivity index (χ2n) is 12.5. The highest BCUT2D eigenvalue weighted by molar-refractivity contribution is 6.01. The van der Waals surface area contributed by atoms with Crippen molar-refractivity contribution in [1.82, 2.24) is 15.0 Å². The molecule has 0 atom stereocenters. The lowest BCUT2D eigenvalue weighted by molar-refractivity contribution is 1.18. The average Bonchev–Trinajstić information content (AvgIpc) is 3.21. The molecule has 2 heterocycles. The fraction of sp³-hybridized carbons (Fsp3) is 0. The van der Waals surface area contributed by atoms with Crippen molar-refractivity contribution in [2.24, 2.45) is 0 Å². The smallest absolute Gasteiger partial charge is 0.160 e. The third kappa shape index (κ3) is 5.61. The van der Waals surface area contributed by atoms with Crippen molar-refractivity contribution in [3.63, 3.8) is 0 Å². The summed E-state index contributed by atoms with van der Waals surface area (Å²) in [6, 6.07) is 63.9. The molecule has 234 valence electrons. The Labute approximate surface area is 291 Å². The first-order valence-electron chi connectivity index (χ1n) is 16.8. The zero-order valence-corrected chi connectivity index (χ0v) is 27.2. The molecule has 0 radical (unpaired) electrons. The second kappa shape index (κ2) is 12.7. The summed E-state index contributed by atoms with van der Waals surface area (Å²) in [6.07, 6.45) is 1.86. The summed E-state index contributed by atoms with van der Waals surface area (Å²) in [7, 11) is 0. The fourth-order valence-corrected chi connectivity index (χ4v) is 6.78. The first-order chi connectivity index (χ1) is 24.8. The number of para-hydroxylation sites is 1. The number of hydrogen-bond donors (Lipinski definition) is 0. The lowest BCUT2D eigenvalue weighted by atomic mass is 9.91. The standard InChI is InChI=1S/C47H31N3/c1-3-11-35(12-4-1)44-31-45(50-47(49-44)38-13-5-2-6-14-38)36-26-20-32(21-27-36)40-29-39-15-7-8-18-41(39)43(30-40)34-24-22-33(23-25-34)42-19-9-16-37-17-10-28-48-46(37)42/h1-31H. The van der Waals surface area contributed by atoms with Crippen molar-refractivity contribution < 1.29 is 0 Å². The SMILES string of the molecule is c1ccc(-c2cc(-c3ccc(-c4cc(-c5ccc(-c6cccc7cccnc67)cc5)c5ccccc5c4)cc3)nc(-c3ccccc3)n2)cc1. The minimum atomic E-state index is 0.716. The molecule has 3 nitrogen and oxygen atoms in total. The quantitative estimate of drug-likeness (QED) is 0.182. The van der Waals surface area contributed by atoms with Gasteiger partial charge in [-0.2, -0.15) is 0 Å². The molecule has 0 saturated carbocycles. The van der Waals surface area contributed by atoms with E-state index in [-0.39, 0.29) is 0 Å². The Hall–Kier alpha value is -6.71. The molecule has 0 aliphatic carbocycles. The molecule has 50 heavy (non-hydrogen) atoms. The van der Waals surface area contributed by atoms with Crippen LogP contribution >= 0.6 is 0 Å². The summed E-state index contributed by atoms with van der Waals surface area (Å²) in [5.41, 5.74) is 12.9. The minimum Gasteiger partial charge on any atom is -0.256 e. The van der Waals surface area contributed by atoms with Crippen molar-refractivity contribution >= 4 is 21.7 Å². The van der Waals surface area contributed by atoms with Gasteiger partial charge in [0.1, 0.15) is 0 Å².